The van der Waals surface area contributed by atoms with E-state index in [0.717, 1.165) is 25.9 Å². The molecule has 1 fully saturated rings. The zero-order valence-corrected chi connectivity index (χ0v) is 13.4. The second kappa shape index (κ2) is 7.30. The molecular weight excluding hydrogens is 312 g/mol. The van der Waals surface area contributed by atoms with Crippen LogP contribution in [0.4, 0.5) is 5.82 Å². The molecule has 118 valence electrons. The van der Waals surface area contributed by atoms with E-state index in [1.165, 1.54) is 0 Å². The van der Waals surface area contributed by atoms with Crippen LogP contribution in [0.1, 0.15) is 18.5 Å². The Hall–Kier alpha value is -2.32. The number of nitriles is 1. The van der Waals surface area contributed by atoms with Gasteiger partial charge in [-0.05, 0) is 25.0 Å². The van der Waals surface area contributed by atoms with Crippen molar-refractivity contribution in [1.29, 1.82) is 5.26 Å². The lowest BCUT2D eigenvalue weighted by Crippen LogP contribution is -2.38. The molecule has 0 aliphatic carbocycles. The van der Waals surface area contributed by atoms with Gasteiger partial charge in [0.15, 0.2) is 11.5 Å². The molecule has 23 heavy (non-hydrogen) atoms. The number of aromatic nitrogens is 2. The first-order valence-electron chi connectivity index (χ1n) is 7.61. The molecule has 1 aliphatic heterocycles. The van der Waals surface area contributed by atoms with Crippen LogP contribution in [-0.2, 0) is 0 Å². The number of piperidine rings is 1. The monoisotopic (exact) mass is 328 g/mol. The second-order valence-electron chi connectivity index (χ2n) is 5.54. The molecule has 0 unspecified atom stereocenters. The standard InChI is InChI=1S/C17H17ClN4O/c18-14-5-1-2-6-16(14)23-12-13-4-3-9-22(11-13)17-15(10-19)20-7-8-21-17/h1-2,5-8,13H,3-4,9,11-12H2/t13-/m0/s1. The third-order valence-electron chi connectivity index (χ3n) is 3.91. The molecule has 5 nitrogen and oxygen atoms in total. The van der Waals surface area contributed by atoms with E-state index in [2.05, 4.69) is 20.9 Å². The predicted octanol–water partition coefficient (Wildman–Crippen LogP) is 3.30. The van der Waals surface area contributed by atoms with Crippen molar-refractivity contribution < 1.29 is 4.74 Å². The summed E-state index contributed by atoms with van der Waals surface area (Å²) in [5.41, 5.74) is 0.375. The minimum atomic E-state index is 0.369. The molecule has 0 saturated carbocycles. The number of hydrogen-bond donors (Lipinski definition) is 0. The summed E-state index contributed by atoms with van der Waals surface area (Å²) in [5, 5.41) is 9.80. The lowest BCUT2D eigenvalue weighted by molar-refractivity contribution is 0.228. The van der Waals surface area contributed by atoms with Crippen LogP contribution in [0.25, 0.3) is 0 Å². The van der Waals surface area contributed by atoms with Crippen molar-refractivity contribution in [3.8, 4) is 11.8 Å². The topological polar surface area (TPSA) is 62.0 Å². The van der Waals surface area contributed by atoms with Gasteiger partial charge in [-0.15, -0.1) is 0 Å². The minimum Gasteiger partial charge on any atom is -0.492 e. The summed E-state index contributed by atoms with van der Waals surface area (Å²) in [6.07, 6.45) is 5.30. The largest absolute Gasteiger partial charge is 0.492 e. The highest BCUT2D eigenvalue weighted by molar-refractivity contribution is 6.32. The first-order valence-corrected chi connectivity index (χ1v) is 7.99. The summed E-state index contributed by atoms with van der Waals surface area (Å²) in [6.45, 7) is 2.29. The van der Waals surface area contributed by atoms with Crippen molar-refractivity contribution in [2.24, 2.45) is 5.92 Å². The maximum absolute atomic E-state index is 9.18. The van der Waals surface area contributed by atoms with Crippen LogP contribution in [0.5, 0.6) is 5.75 Å². The van der Waals surface area contributed by atoms with E-state index in [9.17, 15) is 5.26 Å². The zero-order chi connectivity index (χ0) is 16.1. The van der Waals surface area contributed by atoms with E-state index in [4.69, 9.17) is 16.3 Å². The van der Waals surface area contributed by atoms with E-state index in [1.54, 1.807) is 12.4 Å². The molecule has 2 heterocycles. The Morgan fingerprint density at radius 3 is 2.96 bits per heavy atom. The maximum atomic E-state index is 9.18. The van der Waals surface area contributed by atoms with Crippen LogP contribution < -0.4 is 9.64 Å². The Bertz CT molecular complexity index is 716. The number of anilines is 1. The van der Waals surface area contributed by atoms with Gasteiger partial charge >= 0.3 is 0 Å². The highest BCUT2D eigenvalue weighted by atomic mass is 35.5. The Morgan fingerprint density at radius 1 is 1.30 bits per heavy atom. The fraction of sp³-hybridized carbons (Fsp3) is 0.353. The van der Waals surface area contributed by atoms with E-state index in [-0.39, 0.29) is 0 Å². The fourth-order valence-electron chi connectivity index (χ4n) is 2.80. The van der Waals surface area contributed by atoms with Gasteiger partial charge in [0.25, 0.3) is 0 Å². The average molecular weight is 329 g/mol. The van der Waals surface area contributed by atoms with Gasteiger partial charge in [-0.25, -0.2) is 9.97 Å². The summed E-state index contributed by atoms with van der Waals surface area (Å²) < 4.78 is 5.86. The molecule has 2 aromatic rings. The summed E-state index contributed by atoms with van der Waals surface area (Å²) in [4.78, 5) is 10.5. The van der Waals surface area contributed by atoms with Crippen LogP contribution >= 0.6 is 11.6 Å². The summed E-state index contributed by atoms with van der Waals surface area (Å²) in [6, 6.07) is 9.60. The summed E-state index contributed by atoms with van der Waals surface area (Å²) in [5.74, 6) is 1.74. The number of hydrogen-bond acceptors (Lipinski definition) is 5. The molecule has 6 heteroatoms. The maximum Gasteiger partial charge on any atom is 0.183 e. The van der Waals surface area contributed by atoms with Crippen LogP contribution in [0, 0.1) is 17.2 Å². The lowest BCUT2D eigenvalue weighted by atomic mass is 9.99. The third-order valence-corrected chi connectivity index (χ3v) is 4.23. The highest BCUT2D eigenvalue weighted by Gasteiger charge is 2.23. The van der Waals surface area contributed by atoms with Crippen molar-refractivity contribution in [2.45, 2.75) is 12.8 Å². The van der Waals surface area contributed by atoms with Gasteiger partial charge in [-0.2, -0.15) is 5.26 Å². The van der Waals surface area contributed by atoms with Crippen LogP contribution in [0.2, 0.25) is 5.02 Å². The summed E-state index contributed by atoms with van der Waals surface area (Å²) >= 11 is 6.12. The molecule has 1 aromatic heterocycles. The molecule has 0 radical (unpaired) electrons. The Kier molecular flexibility index (Phi) is 4.94. The average Bonchev–Trinajstić information content (AvgIpc) is 2.61. The molecule has 0 spiro atoms. The number of nitrogens with zero attached hydrogens (tertiary/aromatic N) is 4. The van der Waals surface area contributed by atoms with Gasteiger partial charge in [-0.1, -0.05) is 23.7 Å². The van der Waals surface area contributed by atoms with Gasteiger partial charge in [0.05, 0.1) is 11.6 Å². The van der Waals surface area contributed by atoms with E-state index in [0.29, 0.717) is 34.8 Å². The third kappa shape index (κ3) is 3.72. The number of halogens is 1. The van der Waals surface area contributed by atoms with Crippen molar-refractivity contribution in [3.05, 3.63) is 47.4 Å². The molecule has 0 amide bonds. The molecule has 1 aromatic carbocycles. The van der Waals surface area contributed by atoms with E-state index in [1.807, 2.05) is 24.3 Å². The fourth-order valence-corrected chi connectivity index (χ4v) is 2.99. The van der Waals surface area contributed by atoms with Crippen molar-refractivity contribution >= 4 is 17.4 Å². The molecule has 0 bridgehead atoms. The molecule has 1 saturated heterocycles. The van der Waals surface area contributed by atoms with Gasteiger partial charge in [0.1, 0.15) is 11.8 Å². The molecule has 3 rings (SSSR count). The minimum absolute atomic E-state index is 0.369. The van der Waals surface area contributed by atoms with E-state index >= 15 is 0 Å². The van der Waals surface area contributed by atoms with Gasteiger partial charge in [0.2, 0.25) is 0 Å². The number of rotatable bonds is 4. The van der Waals surface area contributed by atoms with Gasteiger partial charge < -0.3 is 9.64 Å². The van der Waals surface area contributed by atoms with Crippen molar-refractivity contribution in [3.63, 3.8) is 0 Å². The first kappa shape index (κ1) is 15.6. The quantitative estimate of drug-likeness (QED) is 0.861. The number of ether oxygens (including phenoxy) is 1. The zero-order valence-electron chi connectivity index (χ0n) is 12.7. The van der Waals surface area contributed by atoms with Crippen LogP contribution in [-0.4, -0.2) is 29.7 Å². The van der Waals surface area contributed by atoms with Crippen LogP contribution in [0.15, 0.2) is 36.7 Å². The molecule has 1 atom stereocenters. The lowest BCUT2D eigenvalue weighted by Gasteiger charge is -2.33. The van der Waals surface area contributed by atoms with E-state index < -0.39 is 0 Å². The summed E-state index contributed by atoms with van der Waals surface area (Å²) in [7, 11) is 0. The Balaban J connectivity index is 1.65. The smallest absolute Gasteiger partial charge is 0.183 e. The van der Waals surface area contributed by atoms with Gasteiger partial charge in [-0.3, -0.25) is 0 Å². The molecule has 0 N–H and O–H groups in total. The first-order chi connectivity index (χ1) is 11.3. The Labute approximate surface area is 140 Å². The molecular formula is C17H17ClN4O. The van der Waals surface area contributed by atoms with Crippen molar-refractivity contribution in [2.75, 3.05) is 24.6 Å². The molecule has 1 aliphatic rings. The van der Waals surface area contributed by atoms with Crippen molar-refractivity contribution in [1.82, 2.24) is 9.97 Å². The normalized spacial score (nSPS) is 17.6. The predicted molar refractivity (Wildman–Crippen MR) is 88.6 cm³/mol. The SMILES string of the molecule is N#Cc1nccnc1N1CCC[C@H](COc2ccccc2Cl)C1. The van der Waals surface area contributed by atoms with Gasteiger partial charge in [0, 0.05) is 31.4 Å². The number of benzene rings is 1. The number of para-hydroxylation sites is 1. The second-order valence-corrected chi connectivity index (χ2v) is 5.94. The highest BCUT2D eigenvalue weighted by Crippen LogP contribution is 2.27. The van der Waals surface area contributed by atoms with Crippen LogP contribution in [0.3, 0.4) is 0 Å². The Morgan fingerprint density at radius 2 is 2.13 bits per heavy atom.